The van der Waals surface area contributed by atoms with E-state index in [0.717, 1.165) is 11.1 Å². The predicted molar refractivity (Wildman–Crippen MR) is 107 cm³/mol. The minimum atomic E-state index is -0.351. The second-order valence-electron chi connectivity index (χ2n) is 6.29. The van der Waals surface area contributed by atoms with Crippen molar-refractivity contribution < 1.29 is 14.0 Å². The van der Waals surface area contributed by atoms with E-state index in [1.165, 1.54) is 6.08 Å². The number of hydrogen-bond donors (Lipinski definition) is 2. The zero-order valence-electron chi connectivity index (χ0n) is 15.5. The van der Waals surface area contributed by atoms with Crippen molar-refractivity contribution in [1.82, 2.24) is 10.3 Å². The normalized spacial score (nSPS) is 11.5. The second kappa shape index (κ2) is 8.81. The summed E-state index contributed by atoms with van der Waals surface area (Å²) in [6.07, 6.45) is 3.07. The highest BCUT2D eigenvalue weighted by molar-refractivity contribution is 5.98. The molecule has 0 bridgehead atoms. The maximum atomic E-state index is 12.3. The molecule has 0 fully saturated rings. The first-order valence-electron chi connectivity index (χ1n) is 8.88. The van der Waals surface area contributed by atoms with E-state index in [0.29, 0.717) is 17.3 Å². The van der Waals surface area contributed by atoms with Crippen molar-refractivity contribution in [2.45, 2.75) is 19.4 Å². The van der Waals surface area contributed by atoms with Crippen LogP contribution in [0.5, 0.6) is 0 Å². The molecule has 0 aliphatic rings. The molecule has 1 unspecified atom stereocenters. The lowest BCUT2D eigenvalue weighted by molar-refractivity contribution is -0.121. The van der Waals surface area contributed by atoms with Gasteiger partial charge < -0.3 is 15.1 Å². The van der Waals surface area contributed by atoms with Crippen LogP contribution in [0.3, 0.4) is 0 Å². The van der Waals surface area contributed by atoms with Gasteiger partial charge in [0.05, 0.1) is 12.6 Å². The van der Waals surface area contributed by atoms with E-state index in [9.17, 15) is 9.59 Å². The largest absolute Gasteiger partial charge is 0.438 e. The van der Waals surface area contributed by atoms with Crippen molar-refractivity contribution in [2.24, 2.45) is 0 Å². The second-order valence-corrected chi connectivity index (χ2v) is 6.29. The minimum absolute atomic E-state index is 0.144. The molecule has 0 aliphatic heterocycles. The van der Waals surface area contributed by atoms with Crippen molar-refractivity contribution in [3.05, 3.63) is 84.9 Å². The molecular weight excluding hydrogens is 354 g/mol. The Kier molecular flexibility index (Phi) is 6.01. The fourth-order valence-corrected chi connectivity index (χ4v) is 2.66. The summed E-state index contributed by atoms with van der Waals surface area (Å²) in [6, 6.07) is 16.4. The molecule has 0 radical (unpaired) electrons. The molecule has 3 aromatic rings. The molecule has 6 heteroatoms. The Morgan fingerprint density at radius 2 is 1.86 bits per heavy atom. The lowest BCUT2D eigenvalue weighted by atomic mass is 10.1. The fourth-order valence-electron chi connectivity index (χ4n) is 2.66. The molecule has 142 valence electrons. The molecule has 1 heterocycles. The number of oxazole rings is 1. The van der Waals surface area contributed by atoms with Gasteiger partial charge in [-0.05, 0) is 30.7 Å². The van der Waals surface area contributed by atoms with Crippen molar-refractivity contribution >= 4 is 17.5 Å². The first-order chi connectivity index (χ1) is 13.5. The van der Waals surface area contributed by atoms with E-state index < -0.39 is 0 Å². The molecule has 1 aromatic heterocycles. The van der Waals surface area contributed by atoms with Gasteiger partial charge in [0.1, 0.15) is 6.04 Å². The number of carbonyl (C=O) groups excluding carboxylic acids is 2. The van der Waals surface area contributed by atoms with Crippen LogP contribution in [0.15, 0.2) is 77.9 Å². The smallest absolute Gasteiger partial charge is 0.247 e. The molecule has 2 aromatic carbocycles. The summed E-state index contributed by atoms with van der Waals surface area (Å²) < 4.78 is 5.77. The molecule has 0 aliphatic carbocycles. The van der Waals surface area contributed by atoms with E-state index in [1.807, 2.05) is 37.3 Å². The maximum absolute atomic E-state index is 12.3. The molecule has 6 nitrogen and oxygen atoms in total. The van der Waals surface area contributed by atoms with Crippen LogP contribution in [0.4, 0.5) is 5.69 Å². The summed E-state index contributed by atoms with van der Waals surface area (Å²) in [5.74, 6) is 0.693. The van der Waals surface area contributed by atoms with Gasteiger partial charge in [0, 0.05) is 11.3 Å². The average molecular weight is 375 g/mol. The van der Waals surface area contributed by atoms with E-state index in [2.05, 4.69) is 22.2 Å². The van der Waals surface area contributed by atoms with Crippen LogP contribution in [-0.4, -0.2) is 16.8 Å². The third-order valence-corrected chi connectivity index (χ3v) is 4.10. The molecule has 2 N–H and O–H groups in total. The number of carbonyl (C=O) groups is 2. The number of benzene rings is 2. The first kappa shape index (κ1) is 19.1. The van der Waals surface area contributed by atoms with Crippen LogP contribution < -0.4 is 10.6 Å². The number of amides is 2. The summed E-state index contributed by atoms with van der Waals surface area (Å²) >= 11 is 0. The molecular formula is C22H21N3O3. The van der Waals surface area contributed by atoms with Crippen molar-refractivity contribution in [3.8, 4) is 11.3 Å². The molecule has 1 atom stereocenters. The van der Waals surface area contributed by atoms with Gasteiger partial charge in [0.2, 0.25) is 17.7 Å². The summed E-state index contributed by atoms with van der Waals surface area (Å²) in [6.45, 7) is 5.23. The van der Waals surface area contributed by atoms with Crippen LogP contribution in [0, 0.1) is 0 Å². The van der Waals surface area contributed by atoms with Crippen molar-refractivity contribution in [1.29, 1.82) is 0 Å². The topological polar surface area (TPSA) is 84.2 Å². The van der Waals surface area contributed by atoms with Gasteiger partial charge >= 0.3 is 0 Å². The molecule has 2 amide bonds. The van der Waals surface area contributed by atoms with Gasteiger partial charge in [-0.3, -0.25) is 9.59 Å². The Morgan fingerprint density at radius 3 is 2.54 bits per heavy atom. The van der Waals surface area contributed by atoms with Gasteiger partial charge in [0.25, 0.3) is 0 Å². The van der Waals surface area contributed by atoms with Crippen LogP contribution in [-0.2, 0) is 16.0 Å². The van der Waals surface area contributed by atoms with E-state index >= 15 is 0 Å². The standard InChI is InChI=1S/C22H21N3O3/c1-3-20(26)25-18-11-9-16(10-12-18)13-21(27)24-15(2)22-23-14-19(28-22)17-7-5-4-6-8-17/h3-12,14-15H,1,13H2,2H3,(H,24,27)(H,25,26). The quantitative estimate of drug-likeness (QED) is 0.614. The SMILES string of the molecule is C=CC(=O)Nc1ccc(CC(=O)NC(C)c2ncc(-c3ccccc3)o2)cc1. The van der Waals surface area contributed by atoms with Crippen LogP contribution >= 0.6 is 0 Å². The van der Waals surface area contributed by atoms with Gasteiger partial charge in [-0.1, -0.05) is 49.0 Å². The number of hydrogen-bond acceptors (Lipinski definition) is 4. The third kappa shape index (κ3) is 4.94. The maximum Gasteiger partial charge on any atom is 0.247 e. The zero-order valence-corrected chi connectivity index (χ0v) is 15.5. The van der Waals surface area contributed by atoms with Crippen LogP contribution in [0.25, 0.3) is 11.3 Å². The Hall–Kier alpha value is -3.67. The number of aromatic nitrogens is 1. The average Bonchev–Trinajstić information content (AvgIpc) is 3.20. The monoisotopic (exact) mass is 375 g/mol. The number of nitrogens with one attached hydrogen (secondary N) is 2. The van der Waals surface area contributed by atoms with E-state index in [1.54, 1.807) is 30.5 Å². The van der Waals surface area contributed by atoms with Crippen molar-refractivity contribution in [3.63, 3.8) is 0 Å². The summed E-state index contributed by atoms with van der Waals surface area (Å²) in [5.41, 5.74) is 2.41. The van der Waals surface area contributed by atoms with Crippen LogP contribution in [0.2, 0.25) is 0 Å². The van der Waals surface area contributed by atoms with E-state index in [4.69, 9.17) is 4.42 Å². The van der Waals surface area contributed by atoms with Gasteiger partial charge in [-0.2, -0.15) is 0 Å². The number of nitrogens with zero attached hydrogens (tertiary/aromatic N) is 1. The highest BCUT2D eigenvalue weighted by Crippen LogP contribution is 2.22. The third-order valence-electron chi connectivity index (χ3n) is 4.10. The van der Waals surface area contributed by atoms with Crippen LogP contribution in [0.1, 0.15) is 24.4 Å². The lowest BCUT2D eigenvalue weighted by Gasteiger charge is -2.11. The lowest BCUT2D eigenvalue weighted by Crippen LogP contribution is -2.28. The number of rotatable bonds is 7. The Labute approximate surface area is 163 Å². The summed E-state index contributed by atoms with van der Waals surface area (Å²) in [7, 11) is 0. The molecule has 3 rings (SSSR count). The highest BCUT2D eigenvalue weighted by Gasteiger charge is 2.16. The predicted octanol–water partition coefficient (Wildman–Crippen LogP) is 3.89. The fraction of sp³-hybridized carbons (Fsp3) is 0.136. The van der Waals surface area contributed by atoms with Crippen molar-refractivity contribution in [2.75, 3.05) is 5.32 Å². The zero-order chi connectivity index (χ0) is 19.9. The van der Waals surface area contributed by atoms with Gasteiger partial charge in [-0.15, -0.1) is 0 Å². The van der Waals surface area contributed by atoms with E-state index in [-0.39, 0.29) is 24.3 Å². The number of anilines is 1. The Morgan fingerprint density at radius 1 is 1.14 bits per heavy atom. The first-order valence-corrected chi connectivity index (χ1v) is 8.88. The Bertz CT molecular complexity index is 962. The molecule has 28 heavy (non-hydrogen) atoms. The Balaban J connectivity index is 1.56. The van der Waals surface area contributed by atoms with Gasteiger partial charge in [0.15, 0.2) is 5.76 Å². The molecule has 0 spiro atoms. The minimum Gasteiger partial charge on any atom is -0.438 e. The molecule has 0 saturated heterocycles. The summed E-state index contributed by atoms with van der Waals surface area (Å²) in [5, 5.41) is 5.55. The van der Waals surface area contributed by atoms with Gasteiger partial charge in [-0.25, -0.2) is 4.98 Å². The summed E-state index contributed by atoms with van der Waals surface area (Å²) in [4.78, 5) is 27.9. The highest BCUT2D eigenvalue weighted by atomic mass is 16.4. The molecule has 0 saturated carbocycles.